The number of nitrogens with zero attached hydrogens (tertiary/aromatic N) is 6. The number of aromatic nitrogens is 7. The Hall–Kier alpha value is -5.16. The summed E-state index contributed by atoms with van der Waals surface area (Å²) in [5.74, 6) is -0.296. The van der Waals surface area contributed by atoms with Crippen molar-refractivity contribution in [1.29, 1.82) is 0 Å². The van der Waals surface area contributed by atoms with Gasteiger partial charge in [-0.25, -0.2) is 14.2 Å². The number of hydrogen-bond donors (Lipinski definition) is 1. The highest BCUT2D eigenvalue weighted by atomic mass is 35.5. The van der Waals surface area contributed by atoms with E-state index in [9.17, 15) is 14.0 Å². The largest absolute Gasteiger partial charge is 0.462 e. The second kappa shape index (κ2) is 11.4. The highest BCUT2D eigenvalue weighted by Gasteiger charge is 2.22. The lowest BCUT2D eigenvalue weighted by atomic mass is 10.0. The van der Waals surface area contributed by atoms with Gasteiger partial charge in [0.25, 0.3) is 5.56 Å². The average molecular weight is 584 g/mol. The Morgan fingerprint density at radius 1 is 1.07 bits per heavy atom. The zero-order valence-corrected chi connectivity index (χ0v) is 23.0. The quantitative estimate of drug-likeness (QED) is 0.245. The van der Waals surface area contributed by atoms with Crippen molar-refractivity contribution in [3.8, 4) is 16.8 Å². The lowest BCUT2D eigenvalue weighted by molar-refractivity contribution is 0.0526. The summed E-state index contributed by atoms with van der Waals surface area (Å²) in [6, 6.07) is 19.1. The number of rotatable bonds is 8. The Bertz CT molecular complexity index is 1950. The van der Waals surface area contributed by atoms with E-state index in [-0.39, 0.29) is 18.0 Å². The molecule has 42 heavy (non-hydrogen) atoms. The third kappa shape index (κ3) is 5.41. The molecule has 0 unspecified atom stereocenters. The molecule has 10 nitrogen and oxygen atoms in total. The Balaban J connectivity index is 1.43. The van der Waals surface area contributed by atoms with Crippen LogP contribution in [0, 0.1) is 5.82 Å². The maximum atomic E-state index is 13.7. The molecule has 3 heterocycles. The number of pyridine rings is 1. The van der Waals surface area contributed by atoms with E-state index in [2.05, 4.69) is 20.5 Å². The molecule has 3 aromatic carbocycles. The molecule has 0 saturated heterocycles. The second-order valence-corrected chi connectivity index (χ2v) is 9.93. The molecular formula is C30H23ClFN7O3. The molecule has 1 atom stereocenters. The number of halogens is 2. The molecule has 6 aromatic rings. The van der Waals surface area contributed by atoms with Gasteiger partial charge in [-0.15, -0.1) is 5.10 Å². The third-order valence-electron chi connectivity index (χ3n) is 6.82. The summed E-state index contributed by atoms with van der Waals surface area (Å²) in [4.78, 5) is 34.0. The number of aromatic amines is 1. The van der Waals surface area contributed by atoms with Gasteiger partial charge in [-0.3, -0.25) is 4.79 Å². The Morgan fingerprint density at radius 2 is 1.90 bits per heavy atom. The van der Waals surface area contributed by atoms with Crippen LogP contribution >= 0.6 is 11.6 Å². The van der Waals surface area contributed by atoms with Gasteiger partial charge in [0.1, 0.15) is 18.0 Å². The van der Waals surface area contributed by atoms with Crippen molar-refractivity contribution in [3.05, 3.63) is 123 Å². The van der Waals surface area contributed by atoms with Gasteiger partial charge >= 0.3 is 5.97 Å². The maximum Gasteiger partial charge on any atom is 0.338 e. The van der Waals surface area contributed by atoms with Gasteiger partial charge in [0, 0.05) is 29.3 Å². The summed E-state index contributed by atoms with van der Waals surface area (Å²) in [6.07, 6.45) is 3.49. The topological polar surface area (TPSA) is 121 Å². The molecule has 0 aliphatic heterocycles. The molecule has 0 saturated carbocycles. The number of ether oxygens (including phenoxy) is 1. The van der Waals surface area contributed by atoms with Gasteiger partial charge < -0.3 is 14.3 Å². The predicted octanol–water partition coefficient (Wildman–Crippen LogP) is 5.17. The monoisotopic (exact) mass is 583 g/mol. The van der Waals surface area contributed by atoms with E-state index in [0.717, 1.165) is 5.56 Å². The lowest BCUT2D eigenvalue weighted by Crippen LogP contribution is -2.27. The Kier molecular flexibility index (Phi) is 7.32. The predicted molar refractivity (Wildman–Crippen MR) is 154 cm³/mol. The molecule has 0 bridgehead atoms. The third-order valence-corrected chi connectivity index (χ3v) is 7.05. The van der Waals surface area contributed by atoms with Gasteiger partial charge in [0.05, 0.1) is 34.9 Å². The van der Waals surface area contributed by atoms with Crippen LogP contribution < -0.4 is 5.56 Å². The molecule has 6 rings (SSSR count). The number of fused-ring (bicyclic) bond motifs is 1. The summed E-state index contributed by atoms with van der Waals surface area (Å²) in [5.41, 5.74) is 4.07. The number of hydrogen-bond acceptors (Lipinski definition) is 7. The smallest absolute Gasteiger partial charge is 0.338 e. The molecule has 1 N–H and O–H groups in total. The number of tetrazole rings is 1. The van der Waals surface area contributed by atoms with Crippen molar-refractivity contribution >= 4 is 28.6 Å². The summed E-state index contributed by atoms with van der Waals surface area (Å²) in [5, 5.41) is 11.9. The molecule has 0 aliphatic carbocycles. The van der Waals surface area contributed by atoms with Crippen LogP contribution in [0.25, 0.3) is 27.8 Å². The molecule has 3 aromatic heterocycles. The van der Waals surface area contributed by atoms with Gasteiger partial charge in [0.2, 0.25) is 0 Å². The second-order valence-electron chi connectivity index (χ2n) is 9.50. The van der Waals surface area contributed by atoms with Gasteiger partial charge in [-0.1, -0.05) is 23.7 Å². The first-order valence-electron chi connectivity index (χ1n) is 13.1. The normalized spacial score (nSPS) is 12.0. The average Bonchev–Trinajstić information content (AvgIpc) is 3.67. The number of H-pyrrole nitrogens is 1. The van der Waals surface area contributed by atoms with Crippen molar-refractivity contribution < 1.29 is 13.9 Å². The zero-order valence-electron chi connectivity index (χ0n) is 22.2. The molecular weight excluding hydrogens is 561 g/mol. The van der Waals surface area contributed by atoms with Crippen LogP contribution in [0.5, 0.6) is 0 Å². The van der Waals surface area contributed by atoms with E-state index >= 15 is 0 Å². The van der Waals surface area contributed by atoms with E-state index in [1.165, 1.54) is 29.2 Å². The minimum Gasteiger partial charge on any atom is -0.462 e. The van der Waals surface area contributed by atoms with Crippen molar-refractivity contribution in [1.82, 2.24) is 34.7 Å². The lowest BCUT2D eigenvalue weighted by Gasteiger charge is -2.19. The van der Waals surface area contributed by atoms with Gasteiger partial charge in [0.15, 0.2) is 0 Å². The van der Waals surface area contributed by atoms with E-state index in [4.69, 9.17) is 21.3 Å². The van der Waals surface area contributed by atoms with Crippen LogP contribution in [-0.4, -0.2) is 47.3 Å². The maximum absolute atomic E-state index is 13.7. The molecule has 210 valence electrons. The Morgan fingerprint density at radius 3 is 2.64 bits per heavy atom. The number of benzene rings is 3. The fourth-order valence-corrected chi connectivity index (χ4v) is 4.99. The van der Waals surface area contributed by atoms with Crippen LogP contribution in [0.4, 0.5) is 4.39 Å². The summed E-state index contributed by atoms with van der Waals surface area (Å²) in [7, 11) is 0. The van der Waals surface area contributed by atoms with Gasteiger partial charge in [-0.05, 0) is 83.1 Å². The van der Waals surface area contributed by atoms with Crippen LogP contribution in [-0.2, 0) is 11.2 Å². The van der Waals surface area contributed by atoms with Crippen LogP contribution in [0.1, 0.15) is 34.7 Å². The first kappa shape index (κ1) is 27.0. The molecule has 0 fully saturated rings. The van der Waals surface area contributed by atoms with Crippen molar-refractivity contribution in [2.75, 3.05) is 6.61 Å². The zero-order chi connectivity index (χ0) is 29.2. The van der Waals surface area contributed by atoms with Crippen molar-refractivity contribution in [2.24, 2.45) is 0 Å². The van der Waals surface area contributed by atoms with Crippen LogP contribution in [0.3, 0.4) is 0 Å². The van der Waals surface area contributed by atoms with Crippen molar-refractivity contribution in [3.63, 3.8) is 0 Å². The molecule has 0 amide bonds. The van der Waals surface area contributed by atoms with Crippen molar-refractivity contribution in [2.45, 2.75) is 19.4 Å². The molecule has 0 spiro atoms. The SMILES string of the molecule is CCOC(=O)c1ccc2[nH]c([C@@H](Cc3ccc(F)cc3)n3ccc(-c4cc(Cl)ccc4-n4cnnn4)cc3=O)nc2c1. The van der Waals surface area contributed by atoms with Crippen LogP contribution in [0.2, 0.25) is 5.02 Å². The molecule has 12 heteroatoms. The molecule has 0 aliphatic rings. The highest BCUT2D eigenvalue weighted by molar-refractivity contribution is 6.31. The first-order chi connectivity index (χ1) is 20.4. The molecule has 0 radical (unpaired) electrons. The number of imidazole rings is 1. The fraction of sp³-hybridized carbons (Fsp3) is 0.133. The highest BCUT2D eigenvalue weighted by Crippen LogP contribution is 2.30. The Labute approximate surface area is 243 Å². The van der Waals surface area contributed by atoms with Crippen LogP contribution in [0.15, 0.2) is 90.1 Å². The van der Waals surface area contributed by atoms with E-state index in [1.807, 2.05) is 0 Å². The summed E-state index contributed by atoms with van der Waals surface area (Å²) < 4.78 is 21.8. The first-order valence-corrected chi connectivity index (χ1v) is 13.4. The summed E-state index contributed by atoms with van der Waals surface area (Å²) in [6.45, 7) is 2.00. The fourth-order valence-electron chi connectivity index (χ4n) is 4.82. The number of esters is 1. The number of carbonyl (C=O) groups is 1. The van der Waals surface area contributed by atoms with E-state index in [1.54, 1.807) is 72.3 Å². The summed E-state index contributed by atoms with van der Waals surface area (Å²) >= 11 is 6.31. The van der Waals surface area contributed by atoms with Gasteiger partial charge in [-0.2, -0.15) is 4.68 Å². The minimum atomic E-state index is -0.575. The number of carbonyl (C=O) groups excluding carboxylic acids is 1. The minimum absolute atomic E-state index is 0.258. The van der Waals surface area contributed by atoms with E-state index in [0.29, 0.717) is 50.7 Å². The van der Waals surface area contributed by atoms with E-state index < -0.39 is 12.0 Å². The number of nitrogens with one attached hydrogen (secondary N) is 1. The standard InChI is InChI=1S/C30H23ClFN7O3/c1-2-42-30(41)20-5-9-24-25(14-20)35-29(34-24)27(13-18-3-7-22(32)8-4-18)38-12-11-19(15-28(38)40)23-16-21(31)6-10-26(23)39-17-33-36-37-39/h3-12,14-17,27H,2,13H2,1H3,(H,34,35)/t27-/m1/s1.